The second kappa shape index (κ2) is 3.96. The molecule has 0 aromatic carbocycles. The van der Waals surface area contributed by atoms with Crippen molar-refractivity contribution in [2.24, 2.45) is 0 Å². The molecule has 1 saturated heterocycles. The number of nitrogens with one attached hydrogen (secondary N) is 1. The van der Waals surface area contributed by atoms with E-state index in [2.05, 4.69) is 0 Å². The maximum absolute atomic E-state index is 12.6. The largest absolute Gasteiger partial charge is 0.383 e. The summed E-state index contributed by atoms with van der Waals surface area (Å²) in [5.74, 6) is -6.60. The van der Waals surface area contributed by atoms with Gasteiger partial charge in [-0.25, -0.2) is 8.78 Å². The molecule has 1 aliphatic rings. The first kappa shape index (κ1) is 12.2. The fourth-order valence-electron chi connectivity index (χ4n) is 1.22. The Bertz CT molecular complexity index is 251. The summed E-state index contributed by atoms with van der Waals surface area (Å²) in [5.41, 5.74) is -0.977. The summed E-state index contributed by atoms with van der Waals surface area (Å²) in [6.45, 7) is 1.84. The van der Waals surface area contributed by atoms with Crippen LogP contribution in [0, 0.1) is 0 Å². The van der Waals surface area contributed by atoms with Crippen LogP contribution in [-0.4, -0.2) is 37.0 Å². The Morgan fingerprint density at radius 3 is 2.53 bits per heavy atom. The van der Waals surface area contributed by atoms with Gasteiger partial charge in [0.25, 0.3) is 5.91 Å². The van der Waals surface area contributed by atoms with Crippen molar-refractivity contribution in [2.75, 3.05) is 13.2 Å². The number of carbonyl (C=O) groups is 1. The highest BCUT2D eigenvalue weighted by atomic mass is 19.3. The second-order valence-corrected chi connectivity index (χ2v) is 3.74. The molecule has 0 spiro atoms. The van der Waals surface area contributed by atoms with E-state index < -0.39 is 23.8 Å². The Kier molecular flexibility index (Phi) is 3.22. The van der Waals surface area contributed by atoms with E-state index in [9.17, 15) is 22.4 Å². The van der Waals surface area contributed by atoms with Crippen molar-refractivity contribution >= 4 is 5.91 Å². The van der Waals surface area contributed by atoms with E-state index in [1.165, 1.54) is 6.92 Å². The van der Waals surface area contributed by atoms with E-state index >= 15 is 0 Å². The first-order chi connectivity index (χ1) is 6.78. The van der Waals surface area contributed by atoms with Crippen LogP contribution in [0.15, 0.2) is 0 Å². The molecule has 1 atom stereocenters. The van der Waals surface area contributed by atoms with E-state index in [4.69, 9.17) is 4.74 Å². The third kappa shape index (κ3) is 2.58. The molecular weight excluding hydrogens is 218 g/mol. The zero-order valence-corrected chi connectivity index (χ0v) is 8.03. The van der Waals surface area contributed by atoms with Crippen LogP contribution < -0.4 is 5.32 Å². The van der Waals surface area contributed by atoms with E-state index in [1.807, 2.05) is 5.32 Å². The Balaban J connectivity index is 2.62. The number of amides is 1. The Morgan fingerprint density at radius 1 is 1.53 bits per heavy atom. The summed E-state index contributed by atoms with van der Waals surface area (Å²) in [6.07, 6.45) is -3.67. The summed E-state index contributed by atoms with van der Waals surface area (Å²) in [5, 5.41) is 1.88. The number of hydrogen-bond donors (Lipinski definition) is 1. The zero-order chi connectivity index (χ0) is 11.7. The number of rotatable bonds is 3. The van der Waals surface area contributed by atoms with Gasteiger partial charge in [-0.1, -0.05) is 0 Å². The van der Waals surface area contributed by atoms with Gasteiger partial charge in [0.2, 0.25) is 0 Å². The molecule has 0 aliphatic carbocycles. The third-order valence-electron chi connectivity index (χ3n) is 2.21. The van der Waals surface area contributed by atoms with Gasteiger partial charge in [0.15, 0.2) is 0 Å². The van der Waals surface area contributed by atoms with Crippen molar-refractivity contribution in [2.45, 2.75) is 31.2 Å². The lowest BCUT2D eigenvalue weighted by molar-refractivity contribution is -0.171. The maximum Gasteiger partial charge on any atom is 0.383 e. The molecule has 1 aliphatic heterocycles. The van der Waals surface area contributed by atoms with Gasteiger partial charge in [0.1, 0.15) is 0 Å². The van der Waals surface area contributed by atoms with Crippen molar-refractivity contribution < 1.29 is 27.1 Å². The fraction of sp³-hybridized carbons (Fsp3) is 0.875. The predicted molar refractivity (Wildman–Crippen MR) is 42.9 cm³/mol. The van der Waals surface area contributed by atoms with Gasteiger partial charge in [-0.2, -0.15) is 8.78 Å². The Morgan fingerprint density at radius 2 is 2.13 bits per heavy atom. The van der Waals surface area contributed by atoms with Crippen LogP contribution in [-0.2, 0) is 9.53 Å². The molecule has 15 heavy (non-hydrogen) atoms. The Labute approximate surface area is 83.8 Å². The molecule has 1 unspecified atom stereocenters. The van der Waals surface area contributed by atoms with E-state index in [1.54, 1.807) is 0 Å². The monoisotopic (exact) mass is 229 g/mol. The summed E-state index contributed by atoms with van der Waals surface area (Å²) in [6, 6.07) is 0. The number of carbonyl (C=O) groups excluding carboxylic acids is 1. The standard InChI is InChI=1S/C8H11F4NO2/c1-7(2-3-15-4-7)13-6(14)8(11,12)5(9)10/h5H,2-4H2,1H3,(H,13,14). The molecule has 0 radical (unpaired) electrons. The SMILES string of the molecule is CC1(NC(=O)C(F)(F)C(F)F)CCOC1. The van der Waals surface area contributed by atoms with Gasteiger partial charge >= 0.3 is 12.3 Å². The molecule has 3 nitrogen and oxygen atoms in total. The average Bonchev–Trinajstić information content (AvgIpc) is 2.51. The lowest BCUT2D eigenvalue weighted by atomic mass is 10.0. The minimum absolute atomic E-state index is 0.0536. The molecular formula is C8H11F4NO2. The lowest BCUT2D eigenvalue weighted by Crippen LogP contribution is -2.54. The van der Waals surface area contributed by atoms with Gasteiger partial charge in [0, 0.05) is 6.61 Å². The highest BCUT2D eigenvalue weighted by molar-refractivity contribution is 5.84. The molecule has 1 fully saturated rings. The zero-order valence-electron chi connectivity index (χ0n) is 8.03. The van der Waals surface area contributed by atoms with Crippen LogP contribution >= 0.6 is 0 Å². The third-order valence-corrected chi connectivity index (χ3v) is 2.21. The van der Waals surface area contributed by atoms with Crippen LogP contribution in [0.1, 0.15) is 13.3 Å². The van der Waals surface area contributed by atoms with E-state index in [0.29, 0.717) is 13.0 Å². The minimum atomic E-state index is -4.65. The number of ether oxygens (including phenoxy) is 1. The molecule has 1 N–H and O–H groups in total. The van der Waals surface area contributed by atoms with Crippen LogP contribution in [0.4, 0.5) is 17.6 Å². The quantitative estimate of drug-likeness (QED) is 0.738. The first-order valence-corrected chi connectivity index (χ1v) is 4.34. The molecule has 1 rings (SSSR count). The van der Waals surface area contributed by atoms with Crippen LogP contribution in [0.2, 0.25) is 0 Å². The normalized spacial score (nSPS) is 27.1. The van der Waals surface area contributed by atoms with Gasteiger partial charge in [0.05, 0.1) is 12.1 Å². The summed E-state index contributed by atoms with van der Waals surface area (Å²) >= 11 is 0. The topological polar surface area (TPSA) is 38.3 Å². The highest BCUT2D eigenvalue weighted by Gasteiger charge is 2.51. The van der Waals surface area contributed by atoms with Crippen molar-refractivity contribution in [1.82, 2.24) is 5.32 Å². The van der Waals surface area contributed by atoms with Crippen molar-refractivity contribution in [3.63, 3.8) is 0 Å². The van der Waals surface area contributed by atoms with Crippen LogP contribution in [0.25, 0.3) is 0 Å². The number of halogens is 4. The molecule has 1 amide bonds. The van der Waals surface area contributed by atoms with Crippen molar-refractivity contribution in [3.8, 4) is 0 Å². The molecule has 0 saturated carbocycles. The first-order valence-electron chi connectivity index (χ1n) is 4.34. The number of hydrogen-bond acceptors (Lipinski definition) is 2. The van der Waals surface area contributed by atoms with E-state index in [-0.39, 0.29) is 6.61 Å². The minimum Gasteiger partial charge on any atom is -0.379 e. The lowest BCUT2D eigenvalue weighted by Gasteiger charge is -2.26. The van der Waals surface area contributed by atoms with Crippen LogP contribution in [0.5, 0.6) is 0 Å². The smallest absolute Gasteiger partial charge is 0.379 e. The molecule has 0 aromatic rings. The van der Waals surface area contributed by atoms with Crippen LogP contribution in [0.3, 0.4) is 0 Å². The molecule has 0 bridgehead atoms. The predicted octanol–water partition coefficient (Wildman–Crippen LogP) is 1.18. The van der Waals surface area contributed by atoms with Crippen molar-refractivity contribution in [1.29, 1.82) is 0 Å². The molecule has 88 valence electrons. The van der Waals surface area contributed by atoms with Gasteiger partial charge < -0.3 is 10.1 Å². The maximum atomic E-state index is 12.6. The Hall–Kier alpha value is -0.850. The van der Waals surface area contributed by atoms with E-state index in [0.717, 1.165) is 0 Å². The summed E-state index contributed by atoms with van der Waals surface area (Å²) in [4.78, 5) is 10.9. The highest BCUT2D eigenvalue weighted by Crippen LogP contribution is 2.25. The fourth-order valence-corrected chi connectivity index (χ4v) is 1.22. The average molecular weight is 229 g/mol. The summed E-state index contributed by atoms with van der Waals surface area (Å²) < 4.78 is 53.6. The summed E-state index contributed by atoms with van der Waals surface area (Å²) in [7, 11) is 0. The second-order valence-electron chi connectivity index (χ2n) is 3.74. The number of alkyl halides is 4. The van der Waals surface area contributed by atoms with Crippen molar-refractivity contribution in [3.05, 3.63) is 0 Å². The van der Waals surface area contributed by atoms with Gasteiger partial charge in [-0.05, 0) is 13.3 Å². The van der Waals surface area contributed by atoms with Gasteiger partial charge in [-0.3, -0.25) is 4.79 Å². The van der Waals surface area contributed by atoms with Gasteiger partial charge in [-0.15, -0.1) is 0 Å². The molecule has 7 heteroatoms. The molecule has 1 heterocycles. The molecule has 0 aromatic heterocycles.